The van der Waals surface area contributed by atoms with Gasteiger partial charge < -0.3 is 15.0 Å². The maximum atomic E-state index is 12.6. The molecule has 0 aliphatic carbocycles. The molecule has 0 unspecified atom stereocenters. The van der Waals surface area contributed by atoms with E-state index in [4.69, 9.17) is 4.74 Å². The van der Waals surface area contributed by atoms with E-state index in [1.807, 2.05) is 18.2 Å². The third-order valence-electron chi connectivity index (χ3n) is 5.67. The standard InChI is InChI=1S/C23H25N3O4/c27-21(16-26-22(28)13-17-5-3-4-8-20(17)23(26)29)24-14-18-6-1-2-7-19(18)15-25-9-11-30-12-10-25/h1-8H,9-16H2,(H,24,27)/p+1. The number of carbonyl (C=O) groups is 3. The Morgan fingerprint density at radius 2 is 1.70 bits per heavy atom. The first-order valence-corrected chi connectivity index (χ1v) is 10.3. The number of amides is 3. The van der Waals surface area contributed by atoms with Crippen molar-refractivity contribution in [2.24, 2.45) is 0 Å². The zero-order valence-corrected chi connectivity index (χ0v) is 16.9. The highest BCUT2D eigenvalue weighted by atomic mass is 16.5. The minimum Gasteiger partial charge on any atom is -0.370 e. The molecule has 156 valence electrons. The average Bonchev–Trinajstić information content (AvgIpc) is 2.77. The van der Waals surface area contributed by atoms with Crippen LogP contribution in [0.2, 0.25) is 0 Å². The summed E-state index contributed by atoms with van der Waals surface area (Å²) in [6, 6.07) is 15.1. The van der Waals surface area contributed by atoms with Crippen LogP contribution < -0.4 is 10.2 Å². The molecule has 0 radical (unpaired) electrons. The van der Waals surface area contributed by atoms with Gasteiger partial charge in [0.05, 0.1) is 19.6 Å². The number of morpholine rings is 1. The fraction of sp³-hybridized carbons (Fsp3) is 0.348. The van der Waals surface area contributed by atoms with E-state index in [9.17, 15) is 14.4 Å². The Hall–Kier alpha value is -3.03. The van der Waals surface area contributed by atoms with Crippen molar-refractivity contribution in [3.8, 4) is 0 Å². The van der Waals surface area contributed by atoms with Crippen LogP contribution in [0.3, 0.4) is 0 Å². The Labute approximate surface area is 175 Å². The Morgan fingerprint density at radius 3 is 2.50 bits per heavy atom. The predicted octanol–water partition coefficient (Wildman–Crippen LogP) is -0.0570. The lowest BCUT2D eigenvalue weighted by molar-refractivity contribution is -0.921. The van der Waals surface area contributed by atoms with Crippen molar-refractivity contribution in [2.45, 2.75) is 19.5 Å². The fourth-order valence-electron chi connectivity index (χ4n) is 3.96. The lowest BCUT2D eigenvalue weighted by Crippen LogP contribution is -3.12. The number of hydrogen-bond acceptors (Lipinski definition) is 4. The van der Waals surface area contributed by atoms with Crippen molar-refractivity contribution in [1.82, 2.24) is 10.2 Å². The number of nitrogens with zero attached hydrogens (tertiary/aromatic N) is 1. The van der Waals surface area contributed by atoms with Crippen molar-refractivity contribution in [3.63, 3.8) is 0 Å². The second-order valence-corrected chi connectivity index (χ2v) is 7.70. The first-order valence-electron chi connectivity index (χ1n) is 10.3. The summed E-state index contributed by atoms with van der Waals surface area (Å²) in [5, 5.41) is 2.87. The van der Waals surface area contributed by atoms with Gasteiger partial charge >= 0.3 is 0 Å². The molecule has 2 aromatic rings. The molecule has 0 atom stereocenters. The highest BCUT2D eigenvalue weighted by Crippen LogP contribution is 2.19. The highest BCUT2D eigenvalue weighted by Gasteiger charge is 2.31. The molecule has 30 heavy (non-hydrogen) atoms. The summed E-state index contributed by atoms with van der Waals surface area (Å²) in [5.41, 5.74) is 3.44. The van der Waals surface area contributed by atoms with Crippen LogP contribution in [0.15, 0.2) is 48.5 Å². The van der Waals surface area contributed by atoms with E-state index in [0.717, 1.165) is 43.3 Å². The van der Waals surface area contributed by atoms with Crippen LogP contribution in [0.4, 0.5) is 0 Å². The van der Waals surface area contributed by atoms with E-state index >= 15 is 0 Å². The Kier molecular flexibility index (Phi) is 6.21. The predicted molar refractivity (Wildman–Crippen MR) is 110 cm³/mol. The van der Waals surface area contributed by atoms with Crippen LogP contribution in [-0.2, 0) is 33.8 Å². The minimum atomic E-state index is -0.409. The maximum absolute atomic E-state index is 12.6. The first-order chi connectivity index (χ1) is 14.6. The molecule has 4 rings (SSSR count). The molecule has 0 spiro atoms. The highest BCUT2D eigenvalue weighted by molar-refractivity contribution is 6.11. The van der Waals surface area contributed by atoms with Gasteiger partial charge in [-0.25, -0.2) is 0 Å². The van der Waals surface area contributed by atoms with Crippen molar-refractivity contribution in [3.05, 3.63) is 70.8 Å². The average molecular weight is 408 g/mol. The molecular formula is C23H26N3O4+. The molecule has 1 saturated heterocycles. The van der Waals surface area contributed by atoms with E-state index in [1.165, 1.54) is 10.5 Å². The largest absolute Gasteiger partial charge is 0.370 e. The molecule has 0 aromatic heterocycles. The van der Waals surface area contributed by atoms with Gasteiger partial charge in [0, 0.05) is 17.7 Å². The molecule has 3 amide bonds. The van der Waals surface area contributed by atoms with E-state index < -0.39 is 5.91 Å². The van der Waals surface area contributed by atoms with Crippen molar-refractivity contribution in [2.75, 3.05) is 32.8 Å². The van der Waals surface area contributed by atoms with Crippen LogP contribution in [0.1, 0.15) is 27.0 Å². The quantitative estimate of drug-likeness (QED) is 0.657. The van der Waals surface area contributed by atoms with Gasteiger partial charge in [-0.1, -0.05) is 42.5 Å². The van der Waals surface area contributed by atoms with Gasteiger partial charge in [0.25, 0.3) is 5.91 Å². The molecule has 7 nitrogen and oxygen atoms in total. The summed E-state index contributed by atoms with van der Waals surface area (Å²) < 4.78 is 5.42. The Morgan fingerprint density at radius 1 is 1.00 bits per heavy atom. The van der Waals surface area contributed by atoms with Gasteiger partial charge in [0.2, 0.25) is 11.8 Å². The van der Waals surface area contributed by atoms with Gasteiger partial charge in [-0.05, 0) is 17.2 Å². The second-order valence-electron chi connectivity index (χ2n) is 7.70. The molecule has 2 N–H and O–H groups in total. The van der Waals surface area contributed by atoms with Crippen LogP contribution in [-0.4, -0.2) is 55.5 Å². The Bertz CT molecular complexity index is 953. The number of hydrogen-bond donors (Lipinski definition) is 2. The number of benzene rings is 2. The monoisotopic (exact) mass is 408 g/mol. The summed E-state index contributed by atoms with van der Waals surface area (Å²) in [5.74, 6) is -1.09. The first kappa shape index (κ1) is 20.3. The number of nitrogens with one attached hydrogen (secondary N) is 2. The SMILES string of the molecule is O=C(CN1C(=O)Cc2ccccc2C1=O)NCc1ccccc1C[NH+]1CCOCC1. The van der Waals surface area contributed by atoms with Crippen LogP contribution in [0, 0.1) is 0 Å². The summed E-state index contributed by atoms with van der Waals surface area (Å²) in [4.78, 5) is 40.0. The van der Waals surface area contributed by atoms with Gasteiger partial charge in [0.1, 0.15) is 26.2 Å². The Balaban J connectivity index is 1.36. The number of rotatable bonds is 6. The second kappa shape index (κ2) is 9.19. The van der Waals surface area contributed by atoms with Crippen molar-refractivity contribution >= 4 is 17.7 Å². The van der Waals surface area contributed by atoms with Crippen molar-refractivity contribution in [1.29, 1.82) is 0 Å². The molecule has 1 fully saturated rings. The van der Waals surface area contributed by atoms with Gasteiger partial charge in [-0.15, -0.1) is 0 Å². The summed E-state index contributed by atoms with van der Waals surface area (Å²) in [6.07, 6.45) is 0.139. The van der Waals surface area contributed by atoms with Gasteiger partial charge in [-0.2, -0.15) is 0 Å². The number of ether oxygens (including phenoxy) is 1. The fourth-order valence-corrected chi connectivity index (χ4v) is 3.96. The number of imide groups is 1. The van der Waals surface area contributed by atoms with E-state index in [1.54, 1.807) is 24.3 Å². The smallest absolute Gasteiger partial charge is 0.261 e. The van der Waals surface area contributed by atoms with Crippen LogP contribution in [0.25, 0.3) is 0 Å². The lowest BCUT2D eigenvalue weighted by Gasteiger charge is -2.26. The van der Waals surface area contributed by atoms with Crippen molar-refractivity contribution < 1.29 is 24.0 Å². The van der Waals surface area contributed by atoms with E-state index in [2.05, 4.69) is 11.4 Å². The molecule has 7 heteroatoms. The normalized spacial score (nSPS) is 17.0. The number of carbonyl (C=O) groups excluding carboxylic acids is 3. The van der Waals surface area contributed by atoms with Crippen LogP contribution in [0.5, 0.6) is 0 Å². The third kappa shape index (κ3) is 4.58. The molecular weight excluding hydrogens is 382 g/mol. The molecule has 0 bridgehead atoms. The van der Waals surface area contributed by atoms with Crippen LogP contribution >= 0.6 is 0 Å². The zero-order valence-electron chi connectivity index (χ0n) is 16.9. The molecule has 2 aliphatic heterocycles. The topological polar surface area (TPSA) is 80.2 Å². The molecule has 0 saturated carbocycles. The van der Waals surface area contributed by atoms with Gasteiger partial charge in [0.15, 0.2) is 0 Å². The third-order valence-corrected chi connectivity index (χ3v) is 5.67. The maximum Gasteiger partial charge on any atom is 0.261 e. The molecule has 2 heterocycles. The lowest BCUT2D eigenvalue weighted by atomic mass is 9.98. The molecule has 2 aromatic carbocycles. The summed E-state index contributed by atoms with van der Waals surface area (Å²) in [6.45, 7) is 4.48. The van der Waals surface area contributed by atoms with E-state index in [0.29, 0.717) is 17.7 Å². The van der Waals surface area contributed by atoms with E-state index in [-0.39, 0.29) is 24.8 Å². The van der Waals surface area contributed by atoms with Gasteiger partial charge in [-0.3, -0.25) is 19.3 Å². The minimum absolute atomic E-state index is 0.139. The zero-order chi connectivity index (χ0) is 20.9. The number of quaternary nitrogens is 1. The molecule has 2 aliphatic rings. The summed E-state index contributed by atoms with van der Waals surface area (Å²) >= 11 is 0. The number of fused-ring (bicyclic) bond motifs is 1. The summed E-state index contributed by atoms with van der Waals surface area (Å²) in [7, 11) is 0.